The summed E-state index contributed by atoms with van der Waals surface area (Å²) in [6.45, 7) is 1.88. The molecule has 2 aromatic carbocycles. The van der Waals surface area contributed by atoms with Gasteiger partial charge in [0.1, 0.15) is 17.3 Å². The summed E-state index contributed by atoms with van der Waals surface area (Å²) in [6.07, 6.45) is 0.160. The molecule has 7 heteroatoms. The molecule has 1 N–H and O–H groups in total. The highest BCUT2D eigenvalue weighted by Gasteiger charge is 2.16. The Morgan fingerprint density at radius 2 is 1.89 bits per heavy atom. The Morgan fingerprint density at radius 1 is 1.15 bits per heavy atom. The lowest BCUT2D eigenvalue weighted by Gasteiger charge is -2.11. The van der Waals surface area contributed by atoms with Crippen molar-refractivity contribution in [2.45, 2.75) is 13.3 Å². The number of benzene rings is 2. The van der Waals surface area contributed by atoms with Gasteiger partial charge in [0.2, 0.25) is 5.91 Å². The van der Waals surface area contributed by atoms with E-state index in [1.807, 2.05) is 6.92 Å². The van der Waals surface area contributed by atoms with Crippen molar-refractivity contribution < 1.29 is 18.7 Å². The van der Waals surface area contributed by atoms with E-state index in [-0.39, 0.29) is 18.1 Å². The number of anilines is 1. The third-order valence-corrected chi connectivity index (χ3v) is 4.90. The van der Waals surface area contributed by atoms with Crippen molar-refractivity contribution in [2.75, 3.05) is 19.5 Å². The molecule has 0 radical (unpaired) electrons. The number of methoxy groups -OCH3 is 2. The van der Waals surface area contributed by atoms with Crippen LogP contribution in [0.2, 0.25) is 0 Å². The number of thiazole rings is 1. The maximum Gasteiger partial charge on any atom is 0.229 e. The molecule has 5 nitrogen and oxygen atoms in total. The predicted molar refractivity (Wildman–Crippen MR) is 104 cm³/mol. The van der Waals surface area contributed by atoms with Crippen LogP contribution in [-0.4, -0.2) is 25.1 Å². The van der Waals surface area contributed by atoms with Gasteiger partial charge in [-0.1, -0.05) is 0 Å². The molecule has 3 rings (SSSR count). The Labute approximate surface area is 160 Å². The minimum Gasteiger partial charge on any atom is -0.497 e. The topological polar surface area (TPSA) is 60.5 Å². The van der Waals surface area contributed by atoms with Crippen LogP contribution in [0, 0.1) is 12.7 Å². The number of aromatic nitrogens is 1. The van der Waals surface area contributed by atoms with Gasteiger partial charge in [-0.3, -0.25) is 4.79 Å². The van der Waals surface area contributed by atoms with E-state index < -0.39 is 0 Å². The fourth-order valence-corrected chi connectivity index (χ4v) is 3.62. The minimum absolute atomic E-state index is 0.160. The number of hydrogen-bond donors (Lipinski definition) is 1. The molecular weight excluding hydrogens is 367 g/mol. The number of carbonyl (C=O) groups excluding carboxylic acids is 1. The molecule has 1 amide bonds. The Balaban J connectivity index is 1.80. The summed E-state index contributed by atoms with van der Waals surface area (Å²) in [5.41, 5.74) is 2.05. The van der Waals surface area contributed by atoms with Crippen LogP contribution in [0.3, 0.4) is 0 Å². The Hall–Kier alpha value is -2.93. The molecule has 0 bridgehead atoms. The van der Waals surface area contributed by atoms with Crippen molar-refractivity contribution in [3.8, 4) is 22.8 Å². The molecular formula is C20H19FN2O3S. The van der Waals surface area contributed by atoms with E-state index in [0.29, 0.717) is 22.9 Å². The van der Waals surface area contributed by atoms with Crippen LogP contribution in [-0.2, 0) is 11.2 Å². The molecule has 0 saturated heterocycles. The number of ether oxygens (including phenoxy) is 2. The van der Waals surface area contributed by atoms with E-state index in [1.165, 1.54) is 30.6 Å². The van der Waals surface area contributed by atoms with Crippen LogP contribution in [0.4, 0.5) is 10.1 Å². The van der Waals surface area contributed by atoms with E-state index in [4.69, 9.17) is 9.47 Å². The van der Waals surface area contributed by atoms with Gasteiger partial charge in [-0.05, 0) is 43.3 Å². The van der Waals surface area contributed by atoms with Crippen molar-refractivity contribution in [2.24, 2.45) is 0 Å². The summed E-state index contributed by atoms with van der Waals surface area (Å²) < 4.78 is 23.7. The van der Waals surface area contributed by atoms with Crippen LogP contribution in [0.15, 0.2) is 42.5 Å². The molecule has 140 valence electrons. The fourth-order valence-electron chi connectivity index (χ4n) is 2.66. The monoisotopic (exact) mass is 386 g/mol. The molecule has 1 aromatic heterocycles. The molecule has 3 aromatic rings. The second-order valence-electron chi connectivity index (χ2n) is 5.80. The second-order valence-corrected chi connectivity index (χ2v) is 7.09. The third kappa shape index (κ3) is 4.43. The number of amides is 1. The van der Waals surface area contributed by atoms with Crippen LogP contribution >= 0.6 is 11.3 Å². The van der Waals surface area contributed by atoms with Crippen molar-refractivity contribution >= 4 is 22.9 Å². The Bertz CT molecular complexity index is 954. The first-order valence-electron chi connectivity index (χ1n) is 8.24. The first-order valence-corrected chi connectivity index (χ1v) is 9.06. The second kappa shape index (κ2) is 8.18. The van der Waals surface area contributed by atoms with Crippen LogP contribution < -0.4 is 14.8 Å². The molecule has 0 aliphatic heterocycles. The summed E-state index contributed by atoms with van der Waals surface area (Å²) in [6, 6.07) is 11.3. The molecule has 0 aliphatic carbocycles. The first-order chi connectivity index (χ1) is 13.0. The highest BCUT2D eigenvalue weighted by molar-refractivity contribution is 7.12. The van der Waals surface area contributed by atoms with Crippen molar-refractivity contribution in [1.29, 1.82) is 0 Å². The Morgan fingerprint density at radius 3 is 2.56 bits per heavy atom. The molecule has 0 unspecified atom stereocenters. The number of nitrogens with zero attached hydrogens (tertiary/aromatic N) is 1. The normalized spacial score (nSPS) is 10.5. The van der Waals surface area contributed by atoms with Crippen LogP contribution in [0.5, 0.6) is 11.5 Å². The van der Waals surface area contributed by atoms with Gasteiger partial charge >= 0.3 is 0 Å². The third-order valence-electron chi connectivity index (χ3n) is 3.93. The fraction of sp³-hybridized carbons (Fsp3) is 0.200. The average molecular weight is 386 g/mol. The summed E-state index contributed by atoms with van der Waals surface area (Å²) in [5.74, 6) is 0.658. The van der Waals surface area contributed by atoms with Crippen molar-refractivity contribution in [3.63, 3.8) is 0 Å². The lowest BCUT2D eigenvalue weighted by Crippen LogP contribution is -2.15. The van der Waals surface area contributed by atoms with Crippen LogP contribution in [0.25, 0.3) is 11.3 Å². The number of aryl methyl sites for hydroxylation is 1. The number of nitrogens with one attached hydrogen (secondary N) is 1. The highest BCUT2D eigenvalue weighted by Crippen LogP contribution is 2.31. The highest BCUT2D eigenvalue weighted by atomic mass is 32.1. The van der Waals surface area contributed by atoms with E-state index in [2.05, 4.69) is 10.3 Å². The maximum atomic E-state index is 13.2. The summed E-state index contributed by atoms with van der Waals surface area (Å²) in [4.78, 5) is 17.9. The van der Waals surface area contributed by atoms with Gasteiger partial charge in [0.25, 0.3) is 0 Å². The van der Waals surface area contributed by atoms with E-state index >= 15 is 0 Å². The van der Waals surface area contributed by atoms with Gasteiger partial charge in [-0.2, -0.15) is 0 Å². The standard InChI is InChI=1S/C20H19FN2O3S/c1-12-22-20(13-4-6-14(21)7-5-13)18(27-12)11-19(24)23-16-9-8-15(25-2)10-17(16)26-3/h4-10H,11H2,1-3H3,(H,23,24). The molecule has 1 heterocycles. The zero-order valence-corrected chi connectivity index (χ0v) is 16.0. The zero-order valence-electron chi connectivity index (χ0n) is 15.2. The molecule has 0 aliphatic rings. The Kier molecular flexibility index (Phi) is 5.71. The summed E-state index contributed by atoms with van der Waals surface area (Å²) >= 11 is 1.45. The van der Waals surface area contributed by atoms with Crippen molar-refractivity contribution in [3.05, 3.63) is 58.2 Å². The van der Waals surface area contributed by atoms with Gasteiger partial charge < -0.3 is 14.8 Å². The number of halogens is 1. The quantitative estimate of drug-likeness (QED) is 0.680. The number of hydrogen-bond acceptors (Lipinski definition) is 5. The number of carbonyl (C=O) groups is 1. The van der Waals surface area contributed by atoms with E-state index in [9.17, 15) is 9.18 Å². The SMILES string of the molecule is COc1ccc(NC(=O)Cc2sc(C)nc2-c2ccc(F)cc2)c(OC)c1. The summed E-state index contributed by atoms with van der Waals surface area (Å²) in [5, 5.41) is 3.70. The minimum atomic E-state index is -0.309. The molecule has 0 atom stereocenters. The van der Waals surface area contributed by atoms with Gasteiger partial charge in [0.15, 0.2) is 0 Å². The zero-order chi connectivity index (χ0) is 19.4. The molecule has 0 fully saturated rings. The van der Waals surface area contributed by atoms with Gasteiger partial charge in [0, 0.05) is 16.5 Å². The lowest BCUT2D eigenvalue weighted by atomic mass is 10.1. The summed E-state index contributed by atoms with van der Waals surface area (Å²) in [7, 11) is 3.10. The smallest absolute Gasteiger partial charge is 0.229 e. The van der Waals surface area contributed by atoms with Gasteiger partial charge in [-0.15, -0.1) is 11.3 Å². The first kappa shape index (κ1) is 18.8. The lowest BCUT2D eigenvalue weighted by molar-refractivity contribution is -0.115. The molecule has 0 spiro atoms. The van der Waals surface area contributed by atoms with Gasteiger partial charge in [0.05, 0.1) is 37.0 Å². The predicted octanol–water partition coefficient (Wildman–Crippen LogP) is 4.46. The average Bonchev–Trinajstić information content (AvgIpc) is 3.02. The molecule has 27 heavy (non-hydrogen) atoms. The van der Waals surface area contributed by atoms with E-state index in [1.54, 1.807) is 37.4 Å². The number of rotatable bonds is 6. The largest absolute Gasteiger partial charge is 0.497 e. The van der Waals surface area contributed by atoms with E-state index in [0.717, 1.165) is 15.4 Å². The molecule has 0 saturated carbocycles. The van der Waals surface area contributed by atoms with Gasteiger partial charge in [-0.25, -0.2) is 9.37 Å². The maximum absolute atomic E-state index is 13.2. The van der Waals surface area contributed by atoms with Crippen LogP contribution in [0.1, 0.15) is 9.88 Å². The van der Waals surface area contributed by atoms with Crippen molar-refractivity contribution in [1.82, 2.24) is 4.98 Å².